The molecule has 13 heteroatoms. The lowest BCUT2D eigenvalue weighted by atomic mass is 9.92. The van der Waals surface area contributed by atoms with E-state index in [-0.39, 0.29) is 0 Å². The average molecular weight is 767 g/mol. The van der Waals surface area contributed by atoms with Crippen molar-refractivity contribution in [1.82, 2.24) is 5.32 Å². The summed E-state index contributed by atoms with van der Waals surface area (Å²) in [5.41, 5.74) is -3.24. The summed E-state index contributed by atoms with van der Waals surface area (Å²) in [5, 5.41) is 3.35. The van der Waals surface area contributed by atoms with Crippen molar-refractivity contribution in [2.45, 2.75) is 126 Å². The minimum atomic E-state index is -1.44. The van der Waals surface area contributed by atoms with Crippen LogP contribution in [-0.2, 0) is 52.4 Å². The number of ether oxygens (including phenoxy) is 6. The first-order chi connectivity index (χ1) is 22.8. The van der Waals surface area contributed by atoms with Crippen LogP contribution in [-0.4, -0.2) is 73.2 Å². The molecule has 2 aliphatic heterocycles. The van der Waals surface area contributed by atoms with Gasteiger partial charge in [0.05, 0.1) is 27.7 Å². The Labute approximate surface area is 303 Å². The Morgan fingerprint density at radius 3 is 1.68 bits per heavy atom. The Kier molecular flexibility index (Phi) is 12.8. The molecule has 0 spiro atoms. The maximum absolute atomic E-state index is 13.6. The van der Waals surface area contributed by atoms with E-state index in [0.717, 1.165) is 0 Å². The summed E-state index contributed by atoms with van der Waals surface area (Å²) < 4.78 is 36.8. The van der Waals surface area contributed by atoms with Gasteiger partial charge in [0.2, 0.25) is 0 Å². The maximum atomic E-state index is 13.6. The first-order valence-electron chi connectivity index (χ1n) is 16.7. The van der Waals surface area contributed by atoms with E-state index in [1.54, 1.807) is 95.2 Å². The Balaban J connectivity index is 2.24. The van der Waals surface area contributed by atoms with E-state index in [2.05, 4.69) is 21.2 Å². The summed E-state index contributed by atoms with van der Waals surface area (Å²) in [6.45, 7) is 19.6. The van der Waals surface area contributed by atoms with Gasteiger partial charge in [0.25, 0.3) is 0 Å². The van der Waals surface area contributed by atoms with Crippen molar-refractivity contribution in [2.75, 3.05) is 6.61 Å². The van der Waals surface area contributed by atoms with E-state index in [1.807, 2.05) is 18.2 Å². The van der Waals surface area contributed by atoms with Crippen LogP contribution in [0, 0.1) is 21.7 Å². The van der Waals surface area contributed by atoms with Gasteiger partial charge in [-0.3, -0.25) is 24.5 Å². The predicted molar refractivity (Wildman–Crippen MR) is 186 cm³/mol. The normalized spacial score (nSPS) is 24.9. The minimum absolute atomic E-state index is 0.405. The van der Waals surface area contributed by atoms with Crippen molar-refractivity contribution >= 4 is 45.8 Å². The number of hydrogen-bond acceptors (Lipinski definition) is 12. The predicted octanol–water partition coefficient (Wildman–Crippen LogP) is 5.75. The number of rotatable bonds is 9. The minimum Gasteiger partial charge on any atom is -0.462 e. The Hall–Kier alpha value is -3.29. The monoisotopic (exact) mass is 765 g/mol. The van der Waals surface area contributed by atoms with E-state index < -0.39 is 101 Å². The van der Waals surface area contributed by atoms with Crippen molar-refractivity contribution in [3.8, 4) is 0 Å². The molecule has 7 atom stereocenters. The zero-order chi connectivity index (χ0) is 38.0. The lowest BCUT2D eigenvalue weighted by molar-refractivity contribution is -0.266. The summed E-state index contributed by atoms with van der Waals surface area (Å²) in [7, 11) is 0. The molecular weight excluding hydrogens is 714 g/mol. The molecule has 0 aliphatic carbocycles. The Bertz CT molecular complexity index is 1460. The first-order valence-corrected chi connectivity index (χ1v) is 17.4. The van der Waals surface area contributed by atoms with Crippen molar-refractivity contribution in [2.24, 2.45) is 21.7 Å². The van der Waals surface area contributed by atoms with Crippen molar-refractivity contribution in [1.29, 1.82) is 0 Å². The van der Waals surface area contributed by atoms with Crippen LogP contribution in [0.4, 0.5) is 0 Å². The molecule has 12 nitrogen and oxygen atoms in total. The smallest absolute Gasteiger partial charge is 0.331 e. The van der Waals surface area contributed by atoms with E-state index >= 15 is 0 Å². The van der Waals surface area contributed by atoms with Gasteiger partial charge in [-0.25, -0.2) is 4.79 Å². The SMILES string of the molecule is CC(C)(C)C(=O)OC[C@H]1O[C@@H](N[C@H](c2ccccc2Br)[C@@H]2C=CC(=O)O2)[C@H](OC(=O)C(C)(C)C)[C@@H](OC(=O)C(C)(C)C)[C@H]1OC(=O)C(C)(C)C. The molecule has 1 aromatic rings. The number of esters is 5. The van der Waals surface area contributed by atoms with Crippen LogP contribution in [0.5, 0.6) is 0 Å². The molecule has 2 aliphatic rings. The van der Waals surface area contributed by atoms with Crippen LogP contribution in [0.15, 0.2) is 40.9 Å². The fourth-order valence-electron chi connectivity index (χ4n) is 4.69. The largest absolute Gasteiger partial charge is 0.462 e. The molecule has 0 amide bonds. The fourth-order valence-corrected chi connectivity index (χ4v) is 5.23. The molecule has 0 aromatic heterocycles. The molecule has 0 radical (unpaired) electrons. The van der Waals surface area contributed by atoms with Gasteiger partial charge in [0.15, 0.2) is 24.5 Å². The van der Waals surface area contributed by atoms with Gasteiger partial charge in [-0.15, -0.1) is 0 Å². The number of nitrogens with one attached hydrogen (secondary N) is 1. The number of halogens is 1. The summed E-state index contributed by atoms with van der Waals surface area (Å²) in [5.74, 6) is -3.08. The summed E-state index contributed by atoms with van der Waals surface area (Å²) in [6, 6.07) is 6.46. The standard InChI is InChI=1S/C37H52BrNO11/c1-34(2,3)30(41)45-19-23-26(48-31(42)35(4,5)6)27(49-32(43)36(7,8)9)28(50-33(44)37(10,11)12)29(47-23)39-25(22-17-18-24(40)46-22)20-15-13-14-16-21(20)38/h13-18,22-23,25-29,39H,19H2,1-12H3/t22-,23+,25+,26-,27-,28+,29+/m0/s1. The molecule has 1 N–H and O–H groups in total. The maximum Gasteiger partial charge on any atom is 0.331 e. The van der Waals surface area contributed by atoms with E-state index in [9.17, 15) is 24.0 Å². The molecule has 1 saturated heterocycles. The highest BCUT2D eigenvalue weighted by molar-refractivity contribution is 9.10. The number of benzene rings is 1. The summed E-state index contributed by atoms with van der Waals surface area (Å²) in [6.07, 6.45) is -4.67. The number of carbonyl (C=O) groups excluding carboxylic acids is 5. The van der Waals surface area contributed by atoms with Crippen molar-refractivity contribution in [3.63, 3.8) is 0 Å². The van der Waals surface area contributed by atoms with Crippen LogP contribution in [0.3, 0.4) is 0 Å². The molecule has 278 valence electrons. The fraction of sp³-hybridized carbons (Fsp3) is 0.649. The highest BCUT2D eigenvalue weighted by Gasteiger charge is 2.55. The van der Waals surface area contributed by atoms with Crippen molar-refractivity contribution in [3.05, 3.63) is 46.5 Å². The molecular formula is C37H52BrNO11. The van der Waals surface area contributed by atoms with Gasteiger partial charge in [-0.05, 0) is 101 Å². The molecule has 1 fully saturated rings. The molecule has 0 unspecified atom stereocenters. The van der Waals surface area contributed by atoms with Gasteiger partial charge in [0, 0.05) is 10.5 Å². The third-order valence-corrected chi connectivity index (χ3v) is 8.50. The molecule has 0 bridgehead atoms. The van der Waals surface area contributed by atoms with Crippen LogP contribution in [0.25, 0.3) is 0 Å². The lowest BCUT2D eigenvalue weighted by Gasteiger charge is -2.47. The number of carbonyl (C=O) groups is 5. The van der Waals surface area contributed by atoms with Gasteiger partial charge in [0.1, 0.15) is 18.8 Å². The molecule has 50 heavy (non-hydrogen) atoms. The zero-order valence-corrected chi connectivity index (χ0v) is 32.7. The first kappa shape index (κ1) is 41.1. The molecule has 3 rings (SSSR count). The highest BCUT2D eigenvalue weighted by Crippen LogP contribution is 2.36. The zero-order valence-electron chi connectivity index (χ0n) is 31.1. The summed E-state index contributed by atoms with van der Waals surface area (Å²) in [4.78, 5) is 65.9. The van der Waals surface area contributed by atoms with E-state index in [1.165, 1.54) is 6.08 Å². The Morgan fingerprint density at radius 2 is 1.22 bits per heavy atom. The molecule has 1 aromatic carbocycles. The van der Waals surface area contributed by atoms with Crippen LogP contribution >= 0.6 is 15.9 Å². The van der Waals surface area contributed by atoms with Crippen LogP contribution in [0.1, 0.15) is 94.7 Å². The number of hydrogen-bond donors (Lipinski definition) is 1. The topological polar surface area (TPSA) is 153 Å². The van der Waals surface area contributed by atoms with Gasteiger partial charge < -0.3 is 28.4 Å². The highest BCUT2D eigenvalue weighted by atomic mass is 79.9. The Morgan fingerprint density at radius 1 is 0.740 bits per heavy atom. The second-order valence-electron chi connectivity index (χ2n) is 16.7. The van der Waals surface area contributed by atoms with Crippen LogP contribution in [0.2, 0.25) is 0 Å². The second kappa shape index (κ2) is 15.5. The number of cyclic esters (lactones) is 1. The third kappa shape index (κ3) is 10.6. The molecule has 0 saturated carbocycles. The summed E-state index contributed by atoms with van der Waals surface area (Å²) >= 11 is 3.58. The lowest BCUT2D eigenvalue weighted by Crippen LogP contribution is -2.67. The quantitative estimate of drug-likeness (QED) is 0.241. The molecule has 2 heterocycles. The van der Waals surface area contributed by atoms with Gasteiger partial charge in [-0.1, -0.05) is 34.1 Å². The van der Waals surface area contributed by atoms with Gasteiger partial charge >= 0.3 is 29.8 Å². The van der Waals surface area contributed by atoms with Crippen LogP contribution < -0.4 is 5.32 Å². The third-order valence-electron chi connectivity index (χ3n) is 7.78. The van der Waals surface area contributed by atoms with E-state index in [4.69, 9.17) is 28.4 Å². The average Bonchev–Trinajstić information content (AvgIpc) is 3.41. The van der Waals surface area contributed by atoms with E-state index in [0.29, 0.717) is 10.0 Å². The van der Waals surface area contributed by atoms with Gasteiger partial charge in [-0.2, -0.15) is 0 Å². The van der Waals surface area contributed by atoms with Crippen molar-refractivity contribution < 1.29 is 52.4 Å². The second-order valence-corrected chi connectivity index (χ2v) is 17.6.